The number of carbonyl (C=O) groups excluding carboxylic acids is 1. The number of ether oxygens (including phenoxy) is 2. The highest BCUT2D eigenvalue weighted by Gasteiger charge is 2.17. The van der Waals surface area contributed by atoms with Crippen molar-refractivity contribution in [3.05, 3.63) is 0 Å². The van der Waals surface area contributed by atoms with E-state index in [0.717, 1.165) is 51.9 Å². The van der Waals surface area contributed by atoms with Gasteiger partial charge in [-0.05, 0) is 39.0 Å². The average molecular weight is 314 g/mol. The van der Waals surface area contributed by atoms with Gasteiger partial charge in [0.1, 0.15) is 0 Å². The molecular weight excluding hydrogens is 280 g/mol. The largest absolute Gasteiger partial charge is 0.382 e. The minimum absolute atomic E-state index is 0.0345. The molecule has 1 aliphatic rings. The zero-order chi connectivity index (χ0) is 16.0. The van der Waals surface area contributed by atoms with Crippen molar-refractivity contribution >= 4 is 6.03 Å². The minimum Gasteiger partial charge on any atom is -0.382 e. The lowest BCUT2D eigenvalue weighted by Crippen LogP contribution is -2.44. The molecule has 0 heterocycles. The molecule has 0 aromatic rings. The third kappa shape index (κ3) is 9.26. The Labute approximate surface area is 135 Å². The summed E-state index contributed by atoms with van der Waals surface area (Å²) in [6.07, 6.45) is 9.32. The van der Waals surface area contributed by atoms with Crippen molar-refractivity contribution in [2.75, 3.05) is 40.0 Å². The van der Waals surface area contributed by atoms with Gasteiger partial charge in [0, 0.05) is 39.5 Å². The zero-order valence-corrected chi connectivity index (χ0v) is 14.4. The molecule has 22 heavy (non-hydrogen) atoms. The third-order valence-electron chi connectivity index (χ3n) is 4.13. The van der Waals surface area contributed by atoms with Gasteiger partial charge in [-0.2, -0.15) is 0 Å². The Kier molecular flexibility index (Phi) is 11.1. The molecule has 0 unspecified atom stereocenters. The Morgan fingerprint density at radius 2 is 1.73 bits per heavy atom. The average Bonchev–Trinajstić information content (AvgIpc) is 2.54. The molecule has 1 aliphatic carbocycles. The number of carbonyl (C=O) groups is 1. The number of likely N-dealkylation sites (N-methyl/N-ethyl adjacent to an activating group) is 1. The zero-order valence-electron chi connectivity index (χ0n) is 14.4. The first-order valence-electron chi connectivity index (χ1n) is 8.91. The monoisotopic (exact) mass is 314 g/mol. The normalized spacial score (nSPS) is 15.7. The van der Waals surface area contributed by atoms with Crippen LogP contribution in [0.25, 0.3) is 0 Å². The highest BCUT2D eigenvalue weighted by atomic mass is 16.5. The molecule has 0 radical (unpaired) electrons. The van der Waals surface area contributed by atoms with Crippen LogP contribution in [-0.4, -0.2) is 57.0 Å². The number of rotatable bonds is 11. The van der Waals surface area contributed by atoms with E-state index in [1.807, 2.05) is 14.0 Å². The highest BCUT2D eigenvalue weighted by molar-refractivity contribution is 5.74. The first kappa shape index (κ1) is 19.2. The first-order chi connectivity index (χ1) is 10.7. The van der Waals surface area contributed by atoms with E-state index in [1.165, 1.54) is 19.3 Å². The maximum Gasteiger partial charge on any atom is 0.317 e. The second-order valence-corrected chi connectivity index (χ2v) is 6.08. The van der Waals surface area contributed by atoms with E-state index in [-0.39, 0.29) is 6.03 Å². The maximum atomic E-state index is 12.0. The summed E-state index contributed by atoms with van der Waals surface area (Å²) in [5.41, 5.74) is 0. The Morgan fingerprint density at radius 3 is 2.41 bits per heavy atom. The van der Waals surface area contributed by atoms with Crippen LogP contribution < -0.4 is 5.32 Å². The van der Waals surface area contributed by atoms with Crippen LogP contribution in [0.1, 0.15) is 58.3 Å². The Morgan fingerprint density at radius 1 is 1.05 bits per heavy atom. The molecule has 0 aliphatic heterocycles. The fourth-order valence-electron chi connectivity index (χ4n) is 2.67. The van der Waals surface area contributed by atoms with Crippen LogP contribution >= 0.6 is 0 Å². The van der Waals surface area contributed by atoms with E-state index in [0.29, 0.717) is 19.2 Å². The summed E-state index contributed by atoms with van der Waals surface area (Å²) in [4.78, 5) is 13.7. The fraction of sp³-hybridized carbons (Fsp3) is 0.941. The van der Waals surface area contributed by atoms with Crippen LogP contribution in [-0.2, 0) is 9.47 Å². The molecule has 1 saturated carbocycles. The SMILES string of the molecule is CCOCCCCCOCCN(C)C(=O)NC1CCCCC1. The van der Waals surface area contributed by atoms with Crippen LogP contribution in [0.5, 0.6) is 0 Å². The molecule has 0 bridgehead atoms. The third-order valence-corrected chi connectivity index (χ3v) is 4.13. The van der Waals surface area contributed by atoms with Crippen LogP contribution in [0.4, 0.5) is 4.79 Å². The molecule has 5 nitrogen and oxygen atoms in total. The van der Waals surface area contributed by atoms with E-state index < -0.39 is 0 Å². The molecule has 0 atom stereocenters. The predicted octanol–water partition coefficient (Wildman–Crippen LogP) is 3.18. The molecule has 1 rings (SSSR count). The number of nitrogens with zero attached hydrogens (tertiary/aromatic N) is 1. The van der Waals surface area contributed by atoms with Gasteiger partial charge in [0.05, 0.1) is 6.61 Å². The van der Waals surface area contributed by atoms with E-state index in [2.05, 4.69) is 5.32 Å². The van der Waals surface area contributed by atoms with E-state index in [9.17, 15) is 4.79 Å². The van der Waals surface area contributed by atoms with Crippen molar-refractivity contribution in [2.45, 2.75) is 64.3 Å². The van der Waals surface area contributed by atoms with Crippen molar-refractivity contribution in [1.82, 2.24) is 10.2 Å². The van der Waals surface area contributed by atoms with E-state index in [1.54, 1.807) is 4.90 Å². The van der Waals surface area contributed by atoms with Crippen LogP contribution in [0.15, 0.2) is 0 Å². The summed E-state index contributed by atoms with van der Waals surface area (Å²) in [5, 5.41) is 3.12. The number of hydrogen-bond acceptors (Lipinski definition) is 3. The van der Waals surface area contributed by atoms with Crippen LogP contribution in [0.2, 0.25) is 0 Å². The van der Waals surface area contributed by atoms with Crippen molar-refractivity contribution < 1.29 is 14.3 Å². The lowest BCUT2D eigenvalue weighted by Gasteiger charge is -2.26. The molecule has 130 valence electrons. The quantitative estimate of drug-likeness (QED) is 0.596. The van der Waals surface area contributed by atoms with Gasteiger partial charge in [-0.25, -0.2) is 4.79 Å². The minimum atomic E-state index is 0.0345. The summed E-state index contributed by atoms with van der Waals surface area (Å²) in [6, 6.07) is 0.405. The Hall–Kier alpha value is -0.810. The van der Waals surface area contributed by atoms with Gasteiger partial charge in [-0.15, -0.1) is 0 Å². The molecule has 1 N–H and O–H groups in total. The molecule has 5 heteroatoms. The smallest absolute Gasteiger partial charge is 0.317 e. The molecule has 0 spiro atoms. The second-order valence-electron chi connectivity index (χ2n) is 6.08. The van der Waals surface area contributed by atoms with Gasteiger partial charge in [0.25, 0.3) is 0 Å². The Bertz CT molecular complexity index is 281. The molecule has 0 aromatic carbocycles. The second kappa shape index (κ2) is 12.7. The molecular formula is C17H34N2O3. The topological polar surface area (TPSA) is 50.8 Å². The number of unbranched alkanes of at least 4 members (excludes halogenated alkanes) is 2. The van der Waals surface area contributed by atoms with Crippen LogP contribution in [0.3, 0.4) is 0 Å². The van der Waals surface area contributed by atoms with Gasteiger partial charge >= 0.3 is 6.03 Å². The summed E-state index contributed by atoms with van der Waals surface area (Å²) in [6.45, 7) is 5.69. The summed E-state index contributed by atoms with van der Waals surface area (Å²) < 4.78 is 10.9. The maximum absolute atomic E-state index is 12.0. The van der Waals surface area contributed by atoms with Crippen molar-refractivity contribution in [1.29, 1.82) is 0 Å². The van der Waals surface area contributed by atoms with Gasteiger partial charge in [-0.1, -0.05) is 19.3 Å². The summed E-state index contributed by atoms with van der Waals surface area (Å²) in [5.74, 6) is 0. The molecule has 0 saturated heterocycles. The molecule has 0 aromatic heterocycles. The Balaban J connectivity index is 1.93. The lowest BCUT2D eigenvalue weighted by atomic mass is 9.96. The molecule has 1 fully saturated rings. The van der Waals surface area contributed by atoms with Crippen molar-refractivity contribution in [2.24, 2.45) is 0 Å². The van der Waals surface area contributed by atoms with Gasteiger partial charge in [-0.3, -0.25) is 0 Å². The number of hydrogen-bond donors (Lipinski definition) is 1. The fourth-order valence-corrected chi connectivity index (χ4v) is 2.67. The van der Waals surface area contributed by atoms with Crippen molar-refractivity contribution in [3.63, 3.8) is 0 Å². The predicted molar refractivity (Wildman–Crippen MR) is 89.2 cm³/mol. The van der Waals surface area contributed by atoms with Gasteiger partial charge in [0.15, 0.2) is 0 Å². The molecule has 2 amide bonds. The van der Waals surface area contributed by atoms with Gasteiger partial charge in [0.2, 0.25) is 0 Å². The number of amides is 2. The standard InChI is InChI=1S/C17H34N2O3/c1-3-21-13-8-5-9-14-22-15-12-19(2)17(20)18-16-10-6-4-7-11-16/h16H,3-15H2,1-2H3,(H,18,20). The van der Waals surface area contributed by atoms with Crippen molar-refractivity contribution in [3.8, 4) is 0 Å². The summed E-state index contributed by atoms with van der Waals surface area (Å²) in [7, 11) is 1.84. The number of nitrogens with one attached hydrogen (secondary N) is 1. The highest BCUT2D eigenvalue weighted by Crippen LogP contribution is 2.17. The summed E-state index contributed by atoms with van der Waals surface area (Å²) >= 11 is 0. The van der Waals surface area contributed by atoms with Gasteiger partial charge < -0.3 is 19.7 Å². The number of urea groups is 1. The van der Waals surface area contributed by atoms with Crippen LogP contribution in [0, 0.1) is 0 Å². The lowest BCUT2D eigenvalue weighted by molar-refractivity contribution is 0.106. The van der Waals surface area contributed by atoms with E-state index in [4.69, 9.17) is 9.47 Å². The first-order valence-corrected chi connectivity index (χ1v) is 8.91. The van der Waals surface area contributed by atoms with E-state index >= 15 is 0 Å².